The van der Waals surface area contributed by atoms with Crippen LogP contribution in [0.25, 0.3) is 0 Å². The van der Waals surface area contributed by atoms with Gasteiger partial charge in [0.1, 0.15) is 30.6 Å². The summed E-state index contributed by atoms with van der Waals surface area (Å²) in [5.41, 5.74) is -0.778. The van der Waals surface area contributed by atoms with Crippen molar-refractivity contribution in [2.45, 2.75) is 41.1 Å². The number of thiophene rings is 1. The number of nitriles is 1. The molecule has 12 heteroatoms. The maximum atomic E-state index is 14.2. The minimum absolute atomic E-state index is 0.000451. The van der Waals surface area contributed by atoms with Crippen molar-refractivity contribution in [3.05, 3.63) is 73.8 Å². The number of esters is 1. The number of carbonyl (C=O) groups excluding carboxylic acids is 1. The Kier molecular flexibility index (Phi) is 7.60. The van der Waals surface area contributed by atoms with Crippen molar-refractivity contribution in [3.8, 4) is 6.07 Å². The molecule has 7 nitrogen and oxygen atoms in total. The zero-order chi connectivity index (χ0) is 25.3. The lowest BCUT2D eigenvalue weighted by atomic mass is 10.2. The van der Waals surface area contributed by atoms with Crippen LogP contribution in [0, 0.1) is 11.3 Å². The molecule has 0 aliphatic carbocycles. The van der Waals surface area contributed by atoms with Crippen LogP contribution in [-0.4, -0.2) is 24.2 Å². The summed E-state index contributed by atoms with van der Waals surface area (Å²) >= 11 is 10.4. The summed E-state index contributed by atoms with van der Waals surface area (Å²) in [6.07, 6.45) is 0. The summed E-state index contributed by atoms with van der Waals surface area (Å²) in [6, 6.07) is 14.5. The van der Waals surface area contributed by atoms with E-state index in [1.807, 2.05) is 6.07 Å². The average Bonchev–Trinajstić information content (AvgIpc) is 3.14. The number of hydrogen-bond donors (Lipinski definition) is 0. The maximum Gasteiger partial charge on any atom is 0.338 e. The highest BCUT2D eigenvalue weighted by atomic mass is 79.9. The van der Waals surface area contributed by atoms with Gasteiger partial charge >= 0.3 is 5.97 Å². The van der Waals surface area contributed by atoms with Gasteiger partial charge in [0.15, 0.2) is 0 Å². The van der Waals surface area contributed by atoms with Crippen molar-refractivity contribution in [2.24, 2.45) is 3.77 Å². The molecule has 1 heterocycles. The van der Waals surface area contributed by atoms with E-state index in [1.54, 1.807) is 32.9 Å². The van der Waals surface area contributed by atoms with E-state index in [2.05, 4.69) is 19.7 Å². The molecule has 0 N–H and O–H groups in total. The summed E-state index contributed by atoms with van der Waals surface area (Å²) in [5, 5.41) is 9.24. The van der Waals surface area contributed by atoms with Gasteiger partial charge in [-0.05, 0) is 63.2 Å². The average molecular weight is 602 g/mol. The van der Waals surface area contributed by atoms with E-state index in [-0.39, 0.29) is 29.5 Å². The predicted octanol–water partition coefficient (Wildman–Crippen LogP) is 6.27. The van der Waals surface area contributed by atoms with E-state index in [0.29, 0.717) is 4.47 Å². The van der Waals surface area contributed by atoms with E-state index >= 15 is 0 Å². The normalized spacial score (nSPS) is 13.5. The molecule has 0 spiro atoms. The lowest BCUT2D eigenvalue weighted by Gasteiger charge is -2.19. The molecule has 0 saturated heterocycles. The molecule has 0 amide bonds. The summed E-state index contributed by atoms with van der Waals surface area (Å²) in [7, 11) is -8.39. The van der Waals surface area contributed by atoms with Crippen LogP contribution in [0.3, 0.4) is 0 Å². The van der Waals surface area contributed by atoms with Gasteiger partial charge in [-0.15, -0.1) is 11.3 Å². The number of hydrogen-bond acceptors (Lipinski definition) is 7. The molecule has 0 radical (unpaired) electrons. The monoisotopic (exact) mass is 600 g/mol. The van der Waals surface area contributed by atoms with Crippen LogP contribution in [0.1, 0.15) is 36.0 Å². The molecule has 1 aromatic heterocycles. The van der Waals surface area contributed by atoms with Gasteiger partial charge in [0, 0.05) is 4.47 Å². The van der Waals surface area contributed by atoms with Crippen LogP contribution in [-0.2, 0) is 24.5 Å². The number of sulfonamides is 1. The Balaban J connectivity index is 2.24. The molecule has 0 fully saturated rings. The quantitative estimate of drug-likeness (QED) is 0.319. The van der Waals surface area contributed by atoms with Gasteiger partial charge in [0.25, 0.3) is 10.0 Å². The first-order valence-corrected chi connectivity index (χ1v) is 14.5. The number of ether oxygens (including phenoxy) is 1. The Hall–Kier alpha value is -2.23. The Morgan fingerprint density at radius 3 is 2.32 bits per heavy atom. The molecule has 1 atom stereocenters. The van der Waals surface area contributed by atoms with Crippen LogP contribution < -0.4 is 0 Å². The van der Waals surface area contributed by atoms with E-state index < -0.39 is 31.3 Å². The molecular formula is C22H18BrClN2O5S3. The molecule has 34 heavy (non-hydrogen) atoms. The number of rotatable bonds is 5. The van der Waals surface area contributed by atoms with Gasteiger partial charge in [-0.1, -0.05) is 43.4 Å². The highest BCUT2D eigenvalue weighted by molar-refractivity contribution is 9.10. The van der Waals surface area contributed by atoms with Gasteiger partial charge in [-0.2, -0.15) is 13.7 Å². The van der Waals surface area contributed by atoms with Gasteiger partial charge in [0.05, 0.1) is 20.2 Å². The van der Waals surface area contributed by atoms with Gasteiger partial charge in [-0.3, -0.25) is 0 Å². The Bertz CT molecular complexity index is 1540. The van der Waals surface area contributed by atoms with Crippen molar-refractivity contribution in [2.75, 3.05) is 0 Å². The lowest BCUT2D eigenvalue weighted by molar-refractivity contribution is 0.00692. The predicted molar refractivity (Wildman–Crippen MR) is 134 cm³/mol. The first kappa shape index (κ1) is 26.4. The second-order valence-electron chi connectivity index (χ2n) is 7.92. The second kappa shape index (κ2) is 9.79. The molecular weight excluding hydrogens is 584 g/mol. The highest BCUT2D eigenvalue weighted by Gasteiger charge is 2.28. The zero-order valence-corrected chi connectivity index (χ0v) is 22.9. The fourth-order valence-electron chi connectivity index (χ4n) is 2.75. The summed E-state index contributed by atoms with van der Waals surface area (Å²) < 4.78 is 50.5. The Morgan fingerprint density at radius 2 is 1.74 bits per heavy atom. The molecule has 0 aliphatic heterocycles. The van der Waals surface area contributed by atoms with E-state index in [0.717, 1.165) is 17.4 Å². The molecule has 0 aliphatic rings. The Morgan fingerprint density at radius 1 is 1.09 bits per heavy atom. The largest absolute Gasteiger partial charge is 0.456 e. The van der Waals surface area contributed by atoms with Crippen LogP contribution in [0.2, 0.25) is 4.34 Å². The van der Waals surface area contributed by atoms with E-state index in [1.165, 1.54) is 36.4 Å². The maximum absolute atomic E-state index is 14.2. The van der Waals surface area contributed by atoms with Crippen LogP contribution in [0.4, 0.5) is 0 Å². The van der Waals surface area contributed by atoms with Gasteiger partial charge < -0.3 is 4.74 Å². The smallest absolute Gasteiger partial charge is 0.338 e. The number of carbonyl (C=O) groups is 1. The molecule has 2 aromatic carbocycles. The summed E-state index contributed by atoms with van der Waals surface area (Å²) in [6.45, 7) is 5.07. The van der Waals surface area contributed by atoms with Gasteiger partial charge in [-0.25, -0.2) is 9.00 Å². The lowest BCUT2D eigenvalue weighted by Crippen LogP contribution is -2.24. The minimum atomic E-state index is -4.55. The molecule has 3 aromatic rings. The molecule has 178 valence electrons. The first-order chi connectivity index (χ1) is 15.7. The third kappa shape index (κ3) is 5.87. The summed E-state index contributed by atoms with van der Waals surface area (Å²) in [5.74, 6) is -0.711. The molecule has 0 saturated carbocycles. The fraction of sp³-hybridized carbons (Fsp3) is 0.182. The SMILES string of the molecule is CC(C)(C)OC(=O)c1cccc(S(=O)(=O)N=S(=O)(c2cccc(Br)c2)c2cc(C#N)sc2Cl)c1. The fourth-order valence-corrected chi connectivity index (χ4v) is 8.97. The van der Waals surface area contributed by atoms with Gasteiger partial charge in [0.2, 0.25) is 0 Å². The van der Waals surface area contributed by atoms with E-state index in [4.69, 9.17) is 16.3 Å². The third-order valence-electron chi connectivity index (χ3n) is 4.15. The highest BCUT2D eigenvalue weighted by Crippen LogP contribution is 2.38. The van der Waals surface area contributed by atoms with E-state index in [9.17, 15) is 22.7 Å². The van der Waals surface area contributed by atoms with Crippen LogP contribution >= 0.6 is 38.9 Å². The first-order valence-electron chi connectivity index (χ1n) is 9.57. The molecule has 1 unspecified atom stereocenters. The number of halogens is 2. The van der Waals surface area contributed by atoms with Crippen LogP contribution in [0.15, 0.2) is 77.5 Å². The van der Waals surface area contributed by atoms with Crippen molar-refractivity contribution < 1.29 is 22.2 Å². The van der Waals surface area contributed by atoms with Crippen molar-refractivity contribution in [3.63, 3.8) is 0 Å². The van der Waals surface area contributed by atoms with Crippen LogP contribution in [0.5, 0.6) is 0 Å². The topological polar surface area (TPSA) is 114 Å². The number of nitrogens with zero attached hydrogens (tertiary/aromatic N) is 2. The standard InChI is InChI=1S/C22H18BrClN2O5S3/c1-22(2,3)31-21(27)14-6-4-9-18(10-14)34(29,30)26-33(28,17-8-5-7-15(23)11-17)19-12-16(13-25)32-20(19)24/h4-12H,1-3H3. The van der Waals surface area contributed by atoms with Crippen molar-refractivity contribution >= 4 is 64.6 Å². The molecule has 3 rings (SSSR count). The second-order valence-corrected chi connectivity index (χ2v) is 14.5. The minimum Gasteiger partial charge on any atom is -0.456 e. The van der Waals surface area contributed by atoms with Crippen molar-refractivity contribution in [1.29, 1.82) is 5.26 Å². The number of benzene rings is 2. The van der Waals surface area contributed by atoms with Crippen molar-refractivity contribution in [1.82, 2.24) is 0 Å². The Labute approximate surface area is 215 Å². The third-order valence-corrected chi connectivity index (χ3v) is 10.4. The molecule has 0 bridgehead atoms. The summed E-state index contributed by atoms with van der Waals surface area (Å²) in [4.78, 5) is 12.2. The zero-order valence-electron chi connectivity index (χ0n) is 18.1.